The third-order valence-electron chi connectivity index (χ3n) is 2.92. The van der Waals surface area contributed by atoms with E-state index in [0.29, 0.717) is 16.5 Å². The van der Waals surface area contributed by atoms with Crippen LogP contribution < -0.4 is 5.73 Å². The Hall–Kier alpha value is -1.16. The zero-order valence-corrected chi connectivity index (χ0v) is 12.3. The Morgan fingerprint density at radius 2 is 2.05 bits per heavy atom. The average molecular weight is 296 g/mol. The molecule has 100 valence electrons. The Balaban J connectivity index is 2.26. The fourth-order valence-electron chi connectivity index (χ4n) is 1.89. The van der Waals surface area contributed by atoms with Gasteiger partial charge in [-0.25, -0.2) is 9.97 Å². The fraction of sp³-hybridized carbons (Fsp3) is 0.286. The van der Waals surface area contributed by atoms with E-state index in [1.54, 1.807) is 12.3 Å². The van der Waals surface area contributed by atoms with Crippen molar-refractivity contribution in [2.75, 3.05) is 0 Å². The van der Waals surface area contributed by atoms with Crippen molar-refractivity contribution in [3.05, 3.63) is 57.1 Å². The summed E-state index contributed by atoms with van der Waals surface area (Å²) in [5.74, 6) is 0.728. The lowest BCUT2D eigenvalue weighted by Crippen LogP contribution is -2.10. The van der Waals surface area contributed by atoms with Crippen molar-refractivity contribution in [1.29, 1.82) is 0 Å². The van der Waals surface area contributed by atoms with E-state index in [4.69, 9.17) is 28.9 Å². The highest BCUT2D eigenvalue weighted by Gasteiger charge is 2.09. The van der Waals surface area contributed by atoms with Crippen LogP contribution in [0.1, 0.15) is 35.6 Å². The van der Waals surface area contributed by atoms with Gasteiger partial charge in [-0.3, -0.25) is 0 Å². The Morgan fingerprint density at radius 1 is 1.32 bits per heavy atom. The molecule has 0 radical (unpaired) electrons. The molecule has 2 rings (SSSR count). The summed E-state index contributed by atoms with van der Waals surface area (Å²) in [6, 6.07) is 5.37. The topological polar surface area (TPSA) is 51.8 Å². The van der Waals surface area contributed by atoms with E-state index < -0.39 is 0 Å². The predicted molar refractivity (Wildman–Crippen MR) is 78.6 cm³/mol. The van der Waals surface area contributed by atoms with Crippen LogP contribution in [0.2, 0.25) is 10.0 Å². The van der Waals surface area contributed by atoms with Gasteiger partial charge in [-0.2, -0.15) is 0 Å². The Labute approximate surface area is 122 Å². The van der Waals surface area contributed by atoms with Gasteiger partial charge in [0.2, 0.25) is 0 Å². The summed E-state index contributed by atoms with van der Waals surface area (Å²) in [5, 5.41) is 1.25. The molecule has 0 saturated heterocycles. The van der Waals surface area contributed by atoms with Gasteiger partial charge in [-0.1, -0.05) is 29.3 Å². The molecule has 1 aromatic carbocycles. The summed E-state index contributed by atoms with van der Waals surface area (Å²) in [6.45, 7) is 3.86. The van der Waals surface area contributed by atoms with Crippen LogP contribution in [0.15, 0.2) is 24.4 Å². The first kappa shape index (κ1) is 14.3. The summed E-state index contributed by atoms with van der Waals surface area (Å²) >= 11 is 12.0. The maximum atomic E-state index is 6.14. The highest BCUT2D eigenvalue weighted by molar-refractivity contribution is 6.35. The molecule has 0 aliphatic carbocycles. The van der Waals surface area contributed by atoms with Crippen molar-refractivity contribution < 1.29 is 0 Å². The first-order valence-electron chi connectivity index (χ1n) is 5.99. The minimum Gasteiger partial charge on any atom is -0.324 e. The van der Waals surface area contributed by atoms with Crippen LogP contribution in [-0.4, -0.2) is 9.97 Å². The third-order valence-corrected chi connectivity index (χ3v) is 3.51. The standard InChI is InChI=1S/C14H15Cl2N3/c1-8(17)12-7-18-14(19-9(12)2)5-10-3-4-11(15)6-13(10)16/h3-4,6-8H,5,17H2,1-2H3/t8-/m1/s1. The Kier molecular flexibility index (Phi) is 4.40. The number of aryl methyl sites for hydroxylation is 1. The molecule has 0 aliphatic rings. The zero-order valence-electron chi connectivity index (χ0n) is 10.8. The summed E-state index contributed by atoms with van der Waals surface area (Å²) in [4.78, 5) is 8.81. The predicted octanol–water partition coefficient (Wildman–Crippen LogP) is 3.70. The van der Waals surface area contributed by atoms with E-state index in [1.165, 1.54) is 0 Å². The van der Waals surface area contributed by atoms with Crippen molar-refractivity contribution in [1.82, 2.24) is 9.97 Å². The van der Waals surface area contributed by atoms with E-state index >= 15 is 0 Å². The van der Waals surface area contributed by atoms with Crippen molar-refractivity contribution in [3.8, 4) is 0 Å². The molecule has 0 amide bonds. The first-order valence-corrected chi connectivity index (χ1v) is 6.75. The number of hydrogen-bond donors (Lipinski definition) is 1. The van der Waals surface area contributed by atoms with Crippen LogP contribution in [0.5, 0.6) is 0 Å². The van der Waals surface area contributed by atoms with E-state index in [2.05, 4.69) is 9.97 Å². The molecule has 5 heteroatoms. The lowest BCUT2D eigenvalue weighted by molar-refractivity contribution is 0.777. The molecule has 3 nitrogen and oxygen atoms in total. The Bertz CT molecular complexity index is 597. The van der Waals surface area contributed by atoms with Crippen molar-refractivity contribution in [2.45, 2.75) is 26.3 Å². The number of benzene rings is 1. The van der Waals surface area contributed by atoms with Crippen molar-refractivity contribution >= 4 is 23.2 Å². The average Bonchev–Trinajstić information content (AvgIpc) is 2.32. The zero-order chi connectivity index (χ0) is 14.0. The second kappa shape index (κ2) is 5.87. The van der Waals surface area contributed by atoms with Gasteiger partial charge in [0.1, 0.15) is 5.82 Å². The molecule has 0 spiro atoms. The summed E-state index contributed by atoms with van der Waals surface area (Å²) in [6.07, 6.45) is 2.36. The second-order valence-electron chi connectivity index (χ2n) is 4.53. The molecule has 0 saturated carbocycles. The highest BCUT2D eigenvalue weighted by Crippen LogP contribution is 2.23. The molecule has 1 heterocycles. The third kappa shape index (κ3) is 3.44. The lowest BCUT2D eigenvalue weighted by Gasteiger charge is -2.10. The number of nitrogens with zero attached hydrogens (tertiary/aromatic N) is 2. The SMILES string of the molecule is Cc1nc(Cc2ccc(Cl)cc2Cl)ncc1[C@@H](C)N. The van der Waals surface area contributed by atoms with E-state index in [0.717, 1.165) is 22.6 Å². The monoisotopic (exact) mass is 295 g/mol. The highest BCUT2D eigenvalue weighted by atomic mass is 35.5. The Morgan fingerprint density at radius 3 is 2.63 bits per heavy atom. The quantitative estimate of drug-likeness (QED) is 0.939. The van der Waals surface area contributed by atoms with E-state index in [1.807, 2.05) is 26.0 Å². The van der Waals surface area contributed by atoms with Crippen LogP contribution in [-0.2, 0) is 6.42 Å². The maximum absolute atomic E-state index is 6.14. The van der Waals surface area contributed by atoms with Gasteiger partial charge in [-0.05, 0) is 31.5 Å². The van der Waals surface area contributed by atoms with Crippen LogP contribution >= 0.6 is 23.2 Å². The minimum atomic E-state index is -0.0619. The maximum Gasteiger partial charge on any atom is 0.132 e. The largest absolute Gasteiger partial charge is 0.324 e. The van der Waals surface area contributed by atoms with Crippen LogP contribution in [0.25, 0.3) is 0 Å². The molecule has 0 fully saturated rings. The fourth-order valence-corrected chi connectivity index (χ4v) is 2.37. The lowest BCUT2D eigenvalue weighted by atomic mass is 10.1. The van der Waals surface area contributed by atoms with Gasteiger partial charge in [-0.15, -0.1) is 0 Å². The van der Waals surface area contributed by atoms with Crippen LogP contribution in [0.4, 0.5) is 0 Å². The van der Waals surface area contributed by atoms with Crippen LogP contribution in [0, 0.1) is 6.92 Å². The molecular weight excluding hydrogens is 281 g/mol. The van der Waals surface area contributed by atoms with E-state index in [9.17, 15) is 0 Å². The number of aromatic nitrogens is 2. The second-order valence-corrected chi connectivity index (χ2v) is 5.37. The molecule has 0 bridgehead atoms. The molecule has 1 atom stereocenters. The molecule has 1 aromatic heterocycles. The normalized spacial score (nSPS) is 12.5. The van der Waals surface area contributed by atoms with Gasteiger partial charge in [0.15, 0.2) is 0 Å². The van der Waals surface area contributed by atoms with Gasteiger partial charge >= 0.3 is 0 Å². The smallest absolute Gasteiger partial charge is 0.132 e. The molecular formula is C14H15Cl2N3. The number of rotatable bonds is 3. The minimum absolute atomic E-state index is 0.0619. The van der Waals surface area contributed by atoms with Gasteiger partial charge in [0, 0.05) is 40.0 Å². The van der Waals surface area contributed by atoms with Crippen molar-refractivity contribution in [2.24, 2.45) is 5.73 Å². The van der Waals surface area contributed by atoms with Crippen molar-refractivity contribution in [3.63, 3.8) is 0 Å². The molecule has 0 unspecified atom stereocenters. The van der Waals surface area contributed by atoms with Crippen LogP contribution in [0.3, 0.4) is 0 Å². The number of hydrogen-bond acceptors (Lipinski definition) is 3. The number of halogens is 2. The molecule has 19 heavy (non-hydrogen) atoms. The summed E-state index contributed by atoms with van der Waals surface area (Å²) in [5.41, 5.74) is 8.67. The van der Waals surface area contributed by atoms with Gasteiger partial charge in [0.25, 0.3) is 0 Å². The first-order chi connectivity index (χ1) is 8.97. The van der Waals surface area contributed by atoms with Gasteiger partial charge < -0.3 is 5.73 Å². The van der Waals surface area contributed by atoms with Gasteiger partial charge in [0.05, 0.1) is 0 Å². The summed E-state index contributed by atoms with van der Waals surface area (Å²) in [7, 11) is 0. The number of nitrogens with two attached hydrogens (primary N) is 1. The molecule has 2 N–H and O–H groups in total. The van der Waals surface area contributed by atoms with E-state index in [-0.39, 0.29) is 6.04 Å². The summed E-state index contributed by atoms with van der Waals surface area (Å²) < 4.78 is 0. The molecule has 2 aromatic rings. The molecule has 0 aliphatic heterocycles.